The van der Waals surface area contributed by atoms with E-state index in [2.05, 4.69) is 33.2 Å². The molecule has 1 fully saturated rings. The summed E-state index contributed by atoms with van der Waals surface area (Å²) in [5.74, 6) is 0.528. The van der Waals surface area contributed by atoms with Crippen molar-refractivity contribution in [3.63, 3.8) is 0 Å². The third-order valence-electron chi connectivity index (χ3n) is 3.00. The predicted octanol–water partition coefficient (Wildman–Crippen LogP) is 0.543. The standard InChI is InChI=1S/C13H17N5O/c1-3-5-11(4-2)17-6-8-18(9-7-17)13-15-12(19)10-14-16-13/h3-5,10H,1-2,6-9H2,(H,15,16,19)/b11-5+. The summed E-state index contributed by atoms with van der Waals surface area (Å²) in [7, 11) is 0. The maximum atomic E-state index is 11.2. The fraction of sp³-hybridized carbons (Fsp3) is 0.308. The first-order chi connectivity index (χ1) is 9.24. The van der Waals surface area contributed by atoms with Crippen LogP contribution >= 0.6 is 0 Å². The summed E-state index contributed by atoms with van der Waals surface area (Å²) in [6.45, 7) is 10.7. The molecular formula is C13H17N5O. The molecule has 19 heavy (non-hydrogen) atoms. The Balaban J connectivity index is 2.03. The third-order valence-corrected chi connectivity index (χ3v) is 3.00. The maximum Gasteiger partial charge on any atom is 0.271 e. The summed E-state index contributed by atoms with van der Waals surface area (Å²) in [6.07, 6.45) is 6.68. The molecule has 0 bridgehead atoms. The Bertz CT molecular complexity index is 540. The highest BCUT2D eigenvalue weighted by Gasteiger charge is 2.19. The van der Waals surface area contributed by atoms with Crippen LogP contribution in [0.2, 0.25) is 0 Å². The summed E-state index contributed by atoms with van der Waals surface area (Å²) < 4.78 is 0. The quantitative estimate of drug-likeness (QED) is 0.800. The first kappa shape index (κ1) is 13.1. The molecule has 1 aromatic rings. The van der Waals surface area contributed by atoms with Gasteiger partial charge in [0, 0.05) is 31.9 Å². The van der Waals surface area contributed by atoms with Gasteiger partial charge in [-0.25, -0.2) is 0 Å². The van der Waals surface area contributed by atoms with Gasteiger partial charge >= 0.3 is 0 Å². The number of nitrogens with one attached hydrogen (secondary N) is 1. The zero-order valence-electron chi connectivity index (χ0n) is 10.7. The van der Waals surface area contributed by atoms with E-state index in [1.807, 2.05) is 17.1 Å². The highest BCUT2D eigenvalue weighted by atomic mass is 16.1. The van der Waals surface area contributed by atoms with Gasteiger partial charge in [0.25, 0.3) is 5.56 Å². The van der Waals surface area contributed by atoms with E-state index in [0.29, 0.717) is 5.95 Å². The topological polar surface area (TPSA) is 65.1 Å². The van der Waals surface area contributed by atoms with E-state index >= 15 is 0 Å². The van der Waals surface area contributed by atoms with Crippen molar-refractivity contribution in [2.75, 3.05) is 31.1 Å². The molecule has 1 N–H and O–H groups in total. The second-order valence-electron chi connectivity index (χ2n) is 4.16. The van der Waals surface area contributed by atoms with Crippen molar-refractivity contribution in [2.24, 2.45) is 0 Å². The number of H-pyrrole nitrogens is 1. The fourth-order valence-corrected chi connectivity index (χ4v) is 2.05. The van der Waals surface area contributed by atoms with E-state index in [1.165, 1.54) is 6.20 Å². The molecule has 0 atom stereocenters. The van der Waals surface area contributed by atoms with Crippen molar-refractivity contribution in [2.45, 2.75) is 0 Å². The van der Waals surface area contributed by atoms with E-state index < -0.39 is 0 Å². The number of piperazine rings is 1. The minimum Gasteiger partial charge on any atom is -0.368 e. The van der Waals surface area contributed by atoms with Crippen LogP contribution < -0.4 is 10.5 Å². The lowest BCUT2D eigenvalue weighted by Gasteiger charge is -2.36. The van der Waals surface area contributed by atoms with Crippen molar-refractivity contribution in [3.8, 4) is 0 Å². The molecule has 1 aliphatic heterocycles. The van der Waals surface area contributed by atoms with Gasteiger partial charge < -0.3 is 9.80 Å². The van der Waals surface area contributed by atoms with Crippen LogP contribution in [0.1, 0.15) is 0 Å². The van der Waals surface area contributed by atoms with Gasteiger partial charge in [-0.3, -0.25) is 9.78 Å². The van der Waals surface area contributed by atoms with Crippen molar-refractivity contribution < 1.29 is 0 Å². The molecule has 0 saturated carbocycles. The molecule has 0 aromatic carbocycles. The van der Waals surface area contributed by atoms with Gasteiger partial charge in [-0.15, -0.1) is 10.2 Å². The second-order valence-corrected chi connectivity index (χ2v) is 4.16. The third kappa shape index (κ3) is 3.09. The van der Waals surface area contributed by atoms with E-state index in [9.17, 15) is 4.79 Å². The van der Waals surface area contributed by atoms with Gasteiger partial charge in [0.2, 0.25) is 5.95 Å². The second kappa shape index (κ2) is 5.99. The van der Waals surface area contributed by atoms with Gasteiger partial charge in [0.15, 0.2) is 0 Å². The molecule has 1 aromatic heterocycles. The molecule has 0 spiro atoms. The smallest absolute Gasteiger partial charge is 0.271 e. The van der Waals surface area contributed by atoms with Crippen molar-refractivity contribution in [1.82, 2.24) is 20.1 Å². The van der Waals surface area contributed by atoms with Crippen LogP contribution in [0.3, 0.4) is 0 Å². The normalized spacial score (nSPS) is 16.3. The van der Waals surface area contributed by atoms with Crippen LogP contribution in [0.25, 0.3) is 0 Å². The maximum absolute atomic E-state index is 11.2. The molecule has 6 nitrogen and oxygen atoms in total. The number of allylic oxidation sites excluding steroid dienone is 3. The largest absolute Gasteiger partial charge is 0.368 e. The fourth-order valence-electron chi connectivity index (χ4n) is 2.05. The lowest BCUT2D eigenvalue weighted by atomic mass is 10.2. The Morgan fingerprint density at radius 3 is 2.63 bits per heavy atom. The Kier molecular flexibility index (Phi) is 4.12. The van der Waals surface area contributed by atoms with Gasteiger partial charge in [-0.05, 0) is 12.2 Å². The van der Waals surface area contributed by atoms with Gasteiger partial charge in [0.05, 0.1) is 0 Å². The number of rotatable bonds is 4. The number of hydrogen-bond donors (Lipinski definition) is 1. The minimum atomic E-state index is -0.231. The van der Waals surface area contributed by atoms with Crippen LogP contribution in [-0.4, -0.2) is 46.3 Å². The number of aromatic amines is 1. The Hall–Kier alpha value is -2.37. The molecule has 0 radical (unpaired) electrons. The van der Waals surface area contributed by atoms with Gasteiger partial charge in [-0.1, -0.05) is 19.2 Å². The summed E-state index contributed by atoms with van der Waals surface area (Å²) in [6, 6.07) is 0. The van der Waals surface area contributed by atoms with Crippen LogP contribution in [0.5, 0.6) is 0 Å². The zero-order valence-corrected chi connectivity index (χ0v) is 10.7. The van der Waals surface area contributed by atoms with Crippen molar-refractivity contribution >= 4 is 5.95 Å². The molecule has 100 valence electrons. The monoisotopic (exact) mass is 259 g/mol. The summed E-state index contributed by atoms with van der Waals surface area (Å²) >= 11 is 0. The molecule has 2 rings (SSSR count). The lowest BCUT2D eigenvalue weighted by Crippen LogP contribution is -2.46. The molecule has 1 saturated heterocycles. The van der Waals surface area contributed by atoms with Crippen molar-refractivity contribution in [3.05, 3.63) is 53.6 Å². The first-order valence-corrected chi connectivity index (χ1v) is 6.11. The highest BCUT2D eigenvalue weighted by Crippen LogP contribution is 2.13. The van der Waals surface area contributed by atoms with E-state index in [-0.39, 0.29) is 5.56 Å². The van der Waals surface area contributed by atoms with E-state index in [1.54, 1.807) is 6.08 Å². The SMILES string of the molecule is C=C/C=C(\C=C)N1CCN(c2nncc(=O)[nH]2)CC1. The summed E-state index contributed by atoms with van der Waals surface area (Å²) in [5.41, 5.74) is 0.827. The molecule has 0 amide bonds. The average molecular weight is 259 g/mol. The number of aromatic nitrogens is 3. The molecule has 0 unspecified atom stereocenters. The van der Waals surface area contributed by atoms with E-state index in [0.717, 1.165) is 31.9 Å². The molecular weight excluding hydrogens is 242 g/mol. The predicted molar refractivity (Wildman–Crippen MR) is 74.9 cm³/mol. The summed E-state index contributed by atoms with van der Waals surface area (Å²) in [5, 5.41) is 7.61. The van der Waals surface area contributed by atoms with Crippen LogP contribution in [0.4, 0.5) is 5.95 Å². The first-order valence-electron chi connectivity index (χ1n) is 6.11. The molecule has 6 heteroatoms. The van der Waals surface area contributed by atoms with E-state index in [4.69, 9.17) is 0 Å². The Labute approximate surface area is 111 Å². The Morgan fingerprint density at radius 2 is 2.05 bits per heavy atom. The van der Waals surface area contributed by atoms with Gasteiger partial charge in [0.1, 0.15) is 6.20 Å². The number of nitrogens with zero attached hydrogens (tertiary/aromatic N) is 4. The molecule has 0 aliphatic carbocycles. The highest BCUT2D eigenvalue weighted by molar-refractivity contribution is 5.29. The van der Waals surface area contributed by atoms with Crippen LogP contribution in [0.15, 0.2) is 48.1 Å². The molecule has 2 heterocycles. The van der Waals surface area contributed by atoms with Crippen LogP contribution in [0, 0.1) is 0 Å². The van der Waals surface area contributed by atoms with Crippen molar-refractivity contribution in [1.29, 1.82) is 0 Å². The average Bonchev–Trinajstić information content (AvgIpc) is 2.45. The van der Waals surface area contributed by atoms with Crippen LogP contribution in [-0.2, 0) is 0 Å². The minimum absolute atomic E-state index is 0.231. The molecule has 1 aliphatic rings. The Morgan fingerprint density at radius 1 is 1.32 bits per heavy atom. The number of hydrogen-bond acceptors (Lipinski definition) is 5. The lowest BCUT2D eigenvalue weighted by molar-refractivity contribution is 0.328. The summed E-state index contributed by atoms with van der Waals surface area (Å²) in [4.78, 5) is 18.1. The number of anilines is 1. The zero-order chi connectivity index (χ0) is 13.7. The van der Waals surface area contributed by atoms with Gasteiger partial charge in [-0.2, -0.15) is 0 Å².